The number of aliphatic hydroxyl groups is 1. The molecule has 0 bridgehead atoms. The molecule has 8 nitrogen and oxygen atoms in total. The van der Waals surface area contributed by atoms with Crippen LogP contribution in [0.15, 0.2) is 12.7 Å². The lowest BCUT2D eigenvalue weighted by Gasteiger charge is -2.42. The second kappa shape index (κ2) is 10.2. The molecular weight excluding hydrogens is 284 g/mol. The van der Waals surface area contributed by atoms with Crippen LogP contribution in [0.25, 0.3) is 0 Å². The van der Waals surface area contributed by atoms with Gasteiger partial charge in [0.25, 0.3) is 0 Å². The van der Waals surface area contributed by atoms with Crippen molar-refractivity contribution in [2.45, 2.75) is 24.6 Å². The standard InChI is InChI=1S/C13H23O8/c1-5-9-10(18-6-15-2)11(19-7-16-3)12(13(14)21-9)20-8-17-4/h5,10-14H,1,6-8H2,2-4H3/t10-,11+,12+,13?/m1/s1. The molecule has 1 rings (SSSR count). The molecule has 1 fully saturated rings. The summed E-state index contributed by atoms with van der Waals surface area (Å²) in [6, 6.07) is 0. The quantitative estimate of drug-likeness (QED) is 0.566. The van der Waals surface area contributed by atoms with Gasteiger partial charge in [0.15, 0.2) is 12.4 Å². The number of rotatable bonds is 10. The van der Waals surface area contributed by atoms with Gasteiger partial charge < -0.3 is 38.3 Å². The zero-order chi connectivity index (χ0) is 15.7. The van der Waals surface area contributed by atoms with E-state index in [1.165, 1.54) is 27.4 Å². The molecule has 21 heavy (non-hydrogen) atoms. The van der Waals surface area contributed by atoms with Crippen molar-refractivity contribution in [3.63, 3.8) is 0 Å². The summed E-state index contributed by atoms with van der Waals surface area (Å²) in [5, 5.41) is 10.0. The molecule has 0 aliphatic carbocycles. The maximum absolute atomic E-state index is 10.0. The van der Waals surface area contributed by atoms with Crippen molar-refractivity contribution >= 4 is 0 Å². The predicted molar refractivity (Wildman–Crippen MR) is 70.8 cm³/mol. The molecule has 8 heteroatoms. The number of methoxy groups -OCH3 is 3. The Bertz CT molecular complexity index is 287. The number of aliphatic hydroxyl groups excluding tert-OH is 1. The van der Waals surface area contributed by atoms with Crippen LogP contribution in [0.1, 0.15) is 0 Å². The molecule has 0 aromatic heterocycles. The fourth-order valence-corrected chi connectivity index (χ4v) is 1.91. The normalized spacial score (nSPS) is 30.5. The summed E-state index contributed by atoms with van der Waals surface area (Å²) >= 11 is 0. The van der Waals surface area contributed by atoms with E-state index in [0.717, 1.165) is 0 Å². The van der Waals surface area contributed by atoms with Gasteiger partial charge in [-0.15, -0.1) is 6.58 Å². The first-order valence-corrected chi connectivity index (χ1v) is 6.35. The second-order valence-corrected chi connectivity index (χ2v) is 4.18. The Morgan fingerprint density at radius 1 is 1.00 bits per heavy atom. The first kappa shape index (κ1) is 18.5. The van der Waals surface area contributed by atoms with Crippen LogP contribution in [0.5, 0.6) is 0 Å². The van der Waals surface area contributed by atoms with Crippen LogP contribution >= 0.6 is 0 Å². The highest BCUT2D eigenvalue weighted by molar-refractivity contribution is 5.12. The van der Waals surface area contributed by atoms with Crippen molar-refractivity contribution in [3.05, 3.63) is 18.8 Å². The van der Waals surface area contributed by atoms with Gasteiger partial charge in [-0.1, -0.05) is 6.08 Å². The van der Waals surface area contributed by atoms with Gasteiger partial charge in [-0.3, -0.25) is 0 Å². The van der Waals surface area contributed by atoms with Crippen LogP contribution in [0.4, 0.5) is 0 Å². The van der Waals surface area contributed by atoms with E-state index in [1.807, 2.05) is 0 Å². The van der Waals surface area contributed by atoms with E-state index in [-0.39, 0.29) is 20.4 Å². The van der Waals surface area contributed by atoms with E-state index >= 15 is 0 Å². The van der Waals surface area contributed by atoms with Crippen LogP contribution < -0.4 is 0 Å². The lowest BCUT2D eigenvalue weighted by atomic mass is 9.98. The average Bonchev–Trinajstić information content (AvgIpc) is 2.50. The summed E-state index contributed by atoms with van der Waals surface area (Å²) in [7, 11) is 4.46. The van der Waals surface area contributed by atoms with E-state index in [2.05, 4.69) is 6.58 Å². The van der Waals surface area contributed by atoms with Crippen molar-refractivity contribution in [2.24, 2.45) is 0 Å². The summed E-state index contributed by atoms with van der Waals surface area (Å²) in [6.45, 7) is 3.62. The minimum absolute atomic E-state index is 0.00148. The molecule has 0 amide bonds. The van der Waals surface area contributed by atoms with Crippen molar-refractivity contribution in [2.75, 3.05) is 41.7 Å². The zero-order valence-corrected chi connectivity index (χ0v) is 12.5. The molecule has 1 unspecified atom stereocenters. The van der Waals surface area contributed by atoms with Gasteiger partial charge in [-0.2, -0.15) is 0 Å². The third kappa shape index (κ3) is 5.28. The fourth-order valence-electron chi connectivity index (χ4n) is 1.91. The monoisotopic (exact) mass is 307 g/mol. The molecule has 0 aromatic carbocycles. The van der Waals surface area contributed by atoms with E-state index in [0.29, 0.717) is 6.10 Å². The highest BCUT2D eigenvalue weighted by Crippen LogP contribution is 2.31. The molecule has 1 heterocycles. The lowest BCUT2D eigenvalue weighted by molar-refractivity contribution is -0.299. The number of hydrogen-bond acceptors (Lipinski definition) is 8. The molecule has 0 aromatic rings. The van der Waals surface area contributed by atoms with Gasteiger partial charge in [0, 0.05) is 21.3 Å². The van der Waals surface area contributed by atoms with Crippen LogP contribution in [0.2, 0.25) is 0 Å². The number of ether oxygens (including phenoxy) is 7. The summed E-state index contributed by atoms with van der Waals surface area (Å²) in [4.78, 5) is 0. The summed E-state index contributed by atoms with van der Waals surface area (Å²) in [6.07, 6.45) is -1.60. The Morgan fingerprint density at radius 3 is 2.05 bits per heavy atom. The second-order valence-electron chi connectivity index (χ2n) is 4.18. The molecule has 1 radical (unpaired) electrons. The van der Waals surface area contributed by atoms with Crippen molar-refractivity contribution in [1.82, 2.24) is 0 Å². The van der Waals surface area contributed by atoms with Crippen LogP contribution in [-0.2, 0) is 33.2 Å². The van der Waals surface area contributed by atoms with Gasteiger partial charge in [-0.25, -0.2) is 0 Å². The third-order valence-corrected chi connectivity index (χ3v) is 2.76. The summed E-state index contributed by atoms with van der Waals surface area (Å²) in [5.41, 5.74) is 0. The Hall–Kier alpha value is -0.580. The Labute approximate surface area is 124 Å². The highest BCUT2D eigenvalue weighted by Gasteiger charge is 2.47. The van der Waals surface area contributed by atoms with Crippen LogP contribution in [0, 0.1) is 6.10 Å². The van der Waals surface area contributed by atoms with E-state index in [1.54, 1.807) is 0 Å². The minimum Gasteiger partial charge on any atom is -0.366 e. The van der Waals surface area contributed by atoms with Crippen LogP contribution in [-0.4, -0.2) is 71.4 Å². The molecule has 1 N–H and O–H groups in total. The number of hydrogen-bond donors (Lipinski definition) is 1. The molecular formula is C13H23O8. The van der Waals surface area contributed by atoms with Gasteiger partial charge >= 0.3 is 0 Å². The molecule has 123 valence electrons. The predicted octanol–water partition coefficient (Wildman–Crippen LogP) is 0.0203. The molecule has 1 saturated heterocycles. The molecule has 4 atom stereocenters. The fraction of sp³-hybridized carbons (Fsp3) is 0.769. The van der Waals surface area contributed by atoms with Crippen molar-refractivity contribution < 1.29 is 38.3 Å². The first-order chi connectivity index (χ1) is 10.2. The van der Waals surface area contributed by atoms with E-state index < -0.39 is 24.6 Å². The third-order valence-electron chi connectivity index (χ3n) is 2.76. The van der Waals surface area contributed by atoms with E-state index in [9.17, 15) is 5.11 Å². The van der Waals surface area contributed by atoms with Crippen molar-refractivity contribution in [3.8, 4) is 0 Å². The molecule has 1 aliphatic rings. The van der Waals surface area contributed by atoms with E-state index in [4.69, 9.17) is 33.2 Å². The first-order valence-electron chi connectivity index (χ1n) is 6.35. The van der Waals surface area contributed by atoms with Gasteiger partial charge in [0.1, 0.15) is 38.7 Å². The Kier molecular flexibility index (Phi) is 8.97. The Morgan fingerprint density at radius 2 is 1.52 bits per heavy atom. The minimum atomic E-state index is -1.24. The average molecular weight is 307 g/mol. The van der Waals surface area contributed by atoms with Gasteiger partial charge in [0.05, 0.1) is 0 Å². The molecule has 0 spiro atoms. The van der Waals surface area contributed by atoms with Gasteiger partial charge in [-0.05, 0) is 0 Å². The lowest BCUT2D eigenvalue weighted by Crippen LogP contribution is -2.57. The largest absolute Gasteiger partial charge is 0.366 e. The molecule has 1 aliphatic heterocycles. The topological polar surface area (TPSA) is 84.8 Å². The summed E-state index contributed by atoms with van der Waals surface area (Å²) < 4.78 is 36.5. The zero-order valence-electron chi connectivity index (χ0n) is 12.5. The van der Waals surface area contributed by atoms with Gasteiger partial charge in [0.2, 0.25) is 0 Å². The molecule has 0 saturated carbocycles. The van der Waals surface area contributed by atoms with Crippen LogP contribution in [0.3, 0.4) is 0 Å². The van der Waals surface area contributed by atoms with Crippen molar-refractivity contribution in [1.29, 1.82) is 0 Å². The SMILES string of the molecule is C=C[C]1OC(O)[C@@H](OCOC)[C@@H](OCOC)[C@@H]1OCOC. The smallest absolute Gasteiger partial charge is 0.185 e. The Balaban J connectivity index is 2.85. The summed E-state index contributed by atoms with van der Waals surface area (Å²) in [5.74, 6) is 0. The maximum Gasteiger partial charge on any atom is 0.185 e. The highest BCUT2D eigenvalue weighted by atomic mass is 16.7. The maximum atomic E-state index is 10.0.